The van der Waals surface area contributed by atoms with E-state index in [-0.39, 0.29) is 6.03 Å². The van der Waals surface area contributed by atoms with Crippen molar-refractivity contribution in [1.29, 1.82) is 0 Å². The largest absolute Gasteiger partial charge is 0.371 e. The molecule has 2 aliphatic heterocycles. The topological polar surface area (TPSA) is 48.5 Å². The molecule has 1 spiro atoms. The van der Waals surface area contributed by atoms with Gasteiger partial charge in [-0.1, -0.05) is 0 Å². The fourth-order valence-electron chi connectivity index (χ4n) is 3.57. The molecule has 0 saturated carbocycles. The van der Waals surface area contributed by atoms with Gasteiger partial charge in [0.05, 0.1) is 0 Å². The molecule has 2 aliphatic rings. The Balaban J connectivity index is 1.58. The molecule has 2 amide bonds. The van der Waals surface area contributed by atoms with E-state index in [1.54, 1.807) is 0 Å². The van der Waals surface area contributed by atoms with Gasteiger partial charge in [-0.15, -0.1) is 0 Å². The number of likely N-dealkylation sites (tertiary alicyclic amines) is 1. The molecule has 3 heterocycles. The molecule has 0 aromatic carbocycles. The molecule has 0 aliphatic carbocycles. The average Bonchev–Trinajstić information content (AvgIpc) is 2.93. The van der Waals surface area contributed by atoms with Crippen molar-refractivity contribution in [3.63, 3.8) is 0 Å². The predicted octanol–water partition coefficient (Wildman–Crippen LogP) is 2.10. The summed E-state index contributed by atoms with van der Waals surface area (Å²) in [6.07, 6.45) is 7.19. The molecule has 114 valence electrons. The van der Waals surface area contributed by atoms with Crippen molar-refractivity contribution in [3.8, 4) is 0 Å². The molecule has 1 aromatic heterocycles. The molecule has 0 unspecified atom stereocenters. The van der Waals surface area contributed by atoms with E-state index in [1.807, 2.05) is 24.2 Å². The average molecular weight is 288 g/mol. The monoisotopic (exact) mass is 288 g/mol. The molecule has 5 heteroatoms. The van der Waals surface area contributed by atoms with Crippen molar-refractivity contribution < 1.29 is 4.79 Å². The van der Waals surface area contributed by atoms with E-state index in [0.29, 0.717) is 12.0 Å². The number of nitrogens with zero attached hydrogens (tertiary/aromatic N) is 3. The third-order valence-electron chi connectivity index (χ3n) is 4.91. The molecule has 0 atom stereocenters. The van der Waals surface area contributed by atoms with Gasteiger partial charge in [0.15, 0.2) is 0 Å². The maximum Gasteiger partial charge on any atom is 0.317 e. The van der Waals surface area contributed by atoms with Crippen LogP contribution < -0.4 is 10.2 Å². The maximum absolute atomic E-state index is 11.9. The number of piperidine rings is 1. The second-order valence-electron chi connectivity index (χ2n) is 6.20. The van der Waals surface area contributed by atoms with Crippen molar-refractivity contribution in [2.24, 2.45) is 5.41 Å². The van der Waals surface area contributed by atoms with Crippen molar-refractivity contribution in [1.82, 2.24) is 15.2 Å². The standard InChI is InChI=1S/C16H24N4O/c1-2-18-15(21)19-10-5-16(6-11-19)7-12-20(13-16)14-3-8-17-9-4-14/h3-4,8-9H,2,5-7,10-13H2,1H3,(H,18,21). The summed E-state index contributed by atoms with van der Waals surface area (Å²) < 4.78 is 0. The number of anilines is 1. The highest BCUT2D eigenvalue weighted by atomic mass is 16.2. The first-order chi connectivity index (χ1) is 10.2. The van der Waals surface area contributed by atoms with Gasteiger partial charge in [0, 0.05) is 50.8 Å². The number of amides is 2. The first-order valence-corrected chi connectivity index (χ1v) is 7.90. The van der Waals surface area contributed by atoms with Crippen molar-refractivity contribution in [2.45, 2.75) is 26.2 Å². The van der Waals surface area contributed by atoms with Crippen LogP contribution in [-0.2, 0) is 0 Å². The van der Waals surface area contributed by atoms with Crippen LogP contribution in [0.2, 0.25) is 0 Å². The lowest BCUT2D eigenvalue weighted by Crippen LogP contribution is -2.48. The normalized spacial score (nSPS) is 20.8. The van der Waals surface area contributed by atoms with E-state index in [0.717, 1.165) is 39.0 Å². The Bertz CT molecular complexity index is 482. The number of hydrogen-bond acceptors (Lipinski definition) is 3. The van der Waals surface area contributed by atoms with Crippen LogP contribution in [0.25, 0.3) is 0 Å². The molecular weight excluding hydrogens is 264 g/mol. The number of carbonyl (C=O) groups is 1. The summed E-state index contributed by atoms with van der Waals surface area (Å²) in [4.78, 5) is 20.4. The summed E-state index contributed by atoms with van der Waals surface area (Å²) in [6.45, 7) is 6.67. The van der Waals surface area contributed by atoms with Crippen LogP contribution in [0.1, 0.15) is 26.2 Å². The van der Waals surface area contributed by atoms with E-state index in [4.69, 9.17) is 0 Å². The summed E-state index contributed by atoms with van der Waals surface area (Å²) in [5.74, 6) is 0. The first kappa shape index (κ1) is 14.2. The van der Waals surface area contributed by atoms with Crippen LogP contribution in [0.15, 0.2) is 24.5 Å². The Morgan fingerprint density at radius 3 is 2.57 bits per heavy atom. The van der Waals surface area contributed by atoms with Crippen LogP contribution >= 0.6 is 0 Å². The molecule has 5 nitrogen and oxygen atoms in total. The van der Waals surface area contributed by atoms with Crippen molar-refractivity contribution in [2.75, 3.05) is 37.6 Å². The second-order valence-corrected chi connectivity index (χ2v) is 6.20. The highest BCUT2D eigenvalue weighted by Gasteiger charge is 2.41. The van der Waals surface area contributed by atoms with E-state index in [2.05, 4.69) is 27.3 Å². The third kappa shape index (κ3) is 2.96. The minimum absolute atomic E-state index is 0.0938. The van der Waals surface area contributed by atoms with Gasteiger partial charge < -0.3 is 15.1 Å². The number of urea groups is 1. The Morgan fingerprint density at radius 1 is 1.24 bits per heavy atom. The minimum atomic E-state index is 0.0938. The Kier molecular flexibility index (Phi) is 3.99. The molecule has 1 N–H and O–H groups in total. The SMILES string of the molecule is CCNC(=O)N1CCC2(CC1)CCN(c1ccncc1)C2. The van der Waals surface area contributed by atoms with Gasteiger partial charge >= 0.3 is 6.03 Å². The van der Waals surface area contributed by atoms with E-state index in [9.17, 15) is 4.79 Å². The Hall–Kier alpha value is -1.78. The second kappa shape index (κ2) is 5.92. The lowest BCUT2D eigenvalue weighted by Gasteiger charge is -2.39. The summed E-state index contributed by atoms with van der Waals surface area (Å²) in [7, 11) is 0. The van der Waals surface area contributed by atoms with Gasteiger partial charge in [-0.3, -0.25) is 4.98 Å². The smallest absolute Gasteiger partial charge is 0.317 e. The minimum Gasteiger partial charge on any atom is -0.371 e. The number of carbonyl (C=O) groups excluding carboxylic acids is 1. The Labute approximate surface area is 126 Å². The van der Waals surface area contributed by atoms with Crippen molar-refractivity contribution >= 4 is 11.7 Å². The fourth-order valence-corrected chi connectivity index (χ4v) is 3.57. The van der Waals surface area contributed by atoms with Crippen LogP contribution in [0, 0.1) is 5.41 Å². The number of aromatic nitrogens is 1. The van der Waals surface area contributed by atoms with Crippen LogP contribution in [-0.4, -0.2) is 48.6 Å². The fraction of sp³-hybridized carbons (Fsp3) is 0.625. The molecule has 21 heavy (non-hydrogen) atoms. The zero-order valence-corrected chi connectivity index (χ0v) is 12.7. The zero-order chi connectivity index (χ0) is 14.7. The van der Waals surface area contributed by atoms with Crippen LogP contribution in [0.3, 0.4) is 0 Å². The number of nitrogens with one attached hydrogen (secondary N) is 1. The number of hydrogen-bond donors (Lipinski definition) is 1. The summed E-state index contributed by atoms with van der Waals surface area (Å²) >= 11 is 0. The highest BCUT2D eigenvalue weighted by Crippen LogP contribution is 2.41. The maximum atomic E-state index is 11.9. The zero-order valence-electron chi connectivity index (χ0n) is 12.7. The van der Waals surface area contributed by atoms with Crippen molar-refractivity contribution in [3.05, 3.63) is 24.5 Å². The molecular formula is C16H24N4O. The third-order valence-corrected chi connectivity index (χ3v) is 4.91. The van der Waals surface area contributed by atoms with Crippen LogP contribution in [0.4, 0.5) is 10.5 Å². The highest BCUT2D eigenvalue weighted by molar-refractivity contribution is 5.74. The molecule has 3 rings (SSSR count). The molecule has 2 saturated heterocycles. The van der Waals surface area contributed by atoms with E-state index < -0.39 is 0 Å². The quantitative estimate of drug-likeness (QED) is 0.906. The summed E-state index contributed by atoms with van der Waals surface area (Å²) in [6, 6.07) is 4.27. The van der Waals surface area contributed by atoms with Gasteiger partial charge in [0.1, 0.15) is 0 Å². The predicted molar refractivity (Wildman–Crippen MR) is 83.4 cm³/mol. The number of rotatable bonds is 2. The van der Waals surface area contributed by atoms with Gasteiger partial charge in [0.25, 0.3) is 0 Å². The lowest BCUT2D eigenvalue weighted by molar-refractivity contribution is 0.131. The van der Waals surface area contributed by atoms with Gasteiger partial charge in [-0.25, -0.2) is 4.79 Å². The number of pyridine rings is 1. The van der Waals surface area contributed by atoms with Gasteiger partial charge in [-0.2, -0.15) is 0 Å². The molecule has 2 fully saturated rings. The van der Waals surface area contributed by atoms with Crippen LogP contribution in [0.5, 0.6) is 0 Å². The molecule has 1 aromatic rings. The van der Waals surface area contributed by atoms with Gasteiger partial charge in [-0.05, 0) is 43.7 Å². The first-order valence-electron chi connectivity index (χ1n) is 7.90. The summed E-state index contributed by atoms with van der Waals surface area (Å²) in [5.41, 5.74) is 1.67. The van der Waals surface area contributed by atoms with E-state index in [1.165, 1.54) is 12.1 Å². The molecule has 0 radical (unpaired) electrons. The van der Waals surface area contributed by atoms with Gasteiger partial charge in [0.2, 0.25) is 0 Å². The van der Waals surface area contributed by atoms with E-state index >= 15 is 0 Å². The molecule has 0 bridgehead atoms. The summed E-state index contributed by atoms with van der Waals surface area (Å²) in [5, 5.41) is 2.90. The lowest BCUT2D eigenvalue weighted by atomic mass is 9.78. The Morgan fingerprint density at radius 2 is 1.90 bits per heavy atom.